The summed E-state index contributed by atoms with van der Waals surface area (Å²) >= 11 is 3.40. The van der Waals surface area contributed by atoms with Gasteiger partial charge in [0.25, 0.3) is 11.8 Å². The largest absolute Gasteiger partial charge is 0.483 e. The van der Waals surface area contributed by atoms with Gasteiger partial charge in [-0.05, 0) is 52.6 Å². The van der Waals surface area contributed by atoms with E-state index in [1.54, 1.807) is 12.1 Å². The number of halogens is 1. The molecule has 0 unspecified atom stereocenters. The lowest BCUT2D eigenvalue weighted by atomic mass is 9.80. The molecule has 2 aromatic rings. The molecule has 2 aromatic carbocycles. The van der Waals surface area contributed by atoms with Crippen LogP contribution in [0.3, 0.4) is 0 Å². The molecule has 0 aromatic heterocycles. The summed E-state index contributed by atoms with van der Waals surface area (Å²) in [7, 11) is 0. The van der Waals surface area contributed by atoms with Crippen LogP contribution in [0.2, 0.25) is 0 Å². The molecule has 162 valence electrons. The van der Waals surface area contributed by atoms with Crippen LogP contribution < -0.4 is 15.6 Å². The smallest absolute Gasteiger partial charge is 0.276 e. The normalized spacial score (nSPS) is 11.7. The van der Waals surface area contributed by atoms with Gasteiger partial charge in [0, 0.05) is 10.0 Å². The molecule has 0 heterocycles. The zero-order chi connectivity index (χ0) is 22.7. The highest BCUT2D eigenvalue weighted by atomic mass is 79.9. The molecule has 0 radical (unpaired) electrons. The fourth-order valence-electron chi connectivity index (χ4n) is 2.82. The van der Waals surface area contributed by atoms with Gasteiger partial charge in [-0.15, -0.1) is 0 Å². The number of ether oxygens (including phenoxy) is 1. The number of carbonyl (C=O) groups is 2. The highest BCUT2D eigenvalue weighted by Gasteiger charge is 2.23. The molecule has 0 saturated heterocycles. The molecule has 0 saturated carbocycles. The third-order valence-corrected chi connectivity index (χ3v) is 5.62. The molecule has 0 bridgehead atoms. The number of benzene rings is 2. The van der Waals surface area contributed by atoms with Crippen LogP contribution in [0.15, 0.2) is 40.9 Å². The molecule has 2 N–H and O–H groups in total. The Balaban J connectivity index is 2.01. The second-order valence-electron chi connectivity index (χ2n) is 9.47. The fourth-order valence-corrected chi connectivity index (χ4v) is 3.20. The number of nitrogens with one attached hydrogen (secondary N) is 2. The van der Waals surface area contributed by atoms with Crippen LogP contribution in [0, 0.1) is 6.92 Å². The zero-order valence-electron chi connectivity index (χ0n) is 18.8. The molecule has 0 spiro atoms. The second-order valence-corrected chi connectivity index (χ2v) is 10.3. The summed E-state index contributed by atoms with van der Waals surface area (Å²) in [6.07, 6.45) is 0. The van der Waals surface area contributed by atoms with Crippen LogP contribution in [-0.4, -0.2) is 18.4 Å². The van der Waals surface area contributed by atoms with Crippen molar-refractivity contribution in [2.45, 2.75) is 59.3 Å². The minimum atomic E-state index is -0.436. The Morgan fingerprint density at radius 3 is 2.17 bits per heavy atom. The van der Waals surface area contributed by atoms with E-state index < -0.39 is 11.8 Å². The average Bonchev–Trinajstić information content (AvgIpc) is 2.64. The quantitative estimate of drug-likeness (QED) is 0.598. The second kappa shape index (κ2) is 9.21. The molecule has 0 aliphatic carbocycles. The van der Waals surface area contributed by atoms with Crippen LogP contribution in [0.5, 0.6) is 5.75 Å². The van der Waals surface area contributed by atoms with Crippen molar-refractivity contribution in [2.75, 3.05) is 6.61 Å². The lowest BCUT2D eigenvalue weighted by Crippen LogP contribution is -2.43. The van der Waals surface area contributed by atoms with Gasteiger partial charge in [0.2, 0.25) is 0 Å². The van der Waals surface area contributed by atoms with Gasteiger partial charge in [-0.3, -0.25) is 20.4 Å². The maximum atomic E-state index is 12.2. The van der Waals surface area contributed by atoms with Gasteiger partial charge >= 0.3 is 0 Å². The van der Waals surface area contributed by atoms with Crippen molar-refractivity contribution < 1.29 is 14.3 Å². The van der Waals surface area contributed by atoms with Crippen molar-refractivity contribution in [3.05, 3.63) is 63.1 Å². The molecule has 5 nitrogen and oxygen atoms in total. The molecule has 2 amide bonds. The van der Waals surface area contributed by atoms with Crippen LogP contribution in [0.25, 0.3) is 0 Å². The van der Waals surface area contributed by atoms with E-state index in [0.717, 1.165) is 15.6 Å². The zero-order valence-corrected chi connectivity index (χ0v) is 20.4. The molecule has 30 heavy (non-hydrogen) atoms. The Bertz CT molecular complexity index is 940. The third kappa shape index (κ3) is 6.33. The molecule has 2 rings (SSSR count). The van der Waals surface area contributed by atoms with Crippen LogP contribution >= 0.6 is 15.9 Å². The first-order valence-electron chi connectivity index (χ1n) is 9.92. The Morgan fingerprint density at radius 1 is 0.933 bits per heavy atom. The summed E-state index contributed by atoms with van der Waals surface area (Å²) < 4.78 is 6.63. The van der Waals surface area contributed by atoms with Crippen LogP contribution in [0.4, 0.5) is 0 Å². The highest BCUT2D eigenvalue weighted by Crippen LogP contribution is 2.35. The van der Waals surface area contributed by atoms with Crippen molar-refractivity contribution in [1.82, 2.24) is 10.9 Å². The predicted molar refractivity (Wildman–Crippen MR) is 124 cm³/mol. The number of hydrazine groups is 1. The van der Waals surface area contributed by atoms with E-state index in [-0.39, 0.29) is 17.4 Å². The van der Waals surface area contributed by atoms with E-state index in [2.05, 4.69) is 74.4 Å². The maximum absolute atomic E-state index is 12.2. The highest BCUT2D eigenvalue weighted by molar-refractivity contribution is 9.10. The standard InChI is InChI=1S/C24H31BrN2O3/c1-15-8-9-16(12-19(15)25)22(29)27-26-21(28)14-30-20-11-10-17(23(2,3)4)13-18(20)24(5,6)7/h8-13H,14H2,1-7H3,(H,26,28)(H,27,29). The molecular weight excluding hydrogens is 444 g/mol. The van der Waals surface area contributed by atoms with Crippen LogP contribution in [0.1, 0.15) is 68.6 Å². The monoisotopic (exact) mass is 474 g/mol. The summed E-state index contributed by atoms with van der Waals surface area (Å²) in [4.78, 5) is 24.4. The Morgan fingerprint density at radius 2 is 1.60 bits per heavy atom. The number of hydrogen-bond donors (Lipinski definition) is 2. The summed E-state index contributed by atoms with van der Waals surface area (Å²) in [5, 5.41) is 0. The van der Waals surface area contributed by atoms with E-state index in [1.165, 1.54) is 5.56 Å². The number of rotatable bonds is 4. The summed E-state index contributed by atoms with van der Waals surface area (Å²) in [5.74, 6) is -0.164. The number of carbonyl (C=O) groups excluding carboxylic acids is 2. The molecule has 0 aliphatic rings. The number of hydrogen-bond acceptors (Lipinski definition) is 3. The lowest BCUT2D eigenvalue weighted by molar-refractivity contribution is -0.123. The Kier molecular flexibility index (Phi) is 7.35. The van der Waals surface area contributed by atoms with Gasteiger partial charge in [-0.2, -0.15) is 0 Å². The lowest BCUT2D eigenvalue weighted by Gasteiger charge is -2.27. The third-order valence-electron chi connectivity index (χ3n) is 4.76. The average molecular weight is 475 g/mol. The fraction of sp³-hybridized carbons (Fsp3) is 0.417. The van der Waals surface area contributed by atoms with Gasteiger partial charge in [-0.1, -0.05) is 75.7 Å². The van der Waals surface area contributed by atoms with Crippen molar-refractivity contribution in [2.24, 2.45) is 0 Å². The Labute approximate surface area is 187 Å². The van der Waals surface area contributed by atoms with Crippen molar-refractivity contribution in [3.8, 4) is 5.75 Å². The Hall–Kier alpha value is -2.34. The first-order chi connectivity index (χ1) is 13.8. The predicted octanol–water partition coefficient (Wildman–Crippen LogP) is 5.19. The number of aryl methyl sites for hydroxylation is 1. The van der Waals surface area contributed by atoms with Crippen LogP contribution in [-0.2, 0) is 15.6 Å². The van der Waals surface area contributed by atoms with Gasteiger partial charge in [0.1, 0.15) is 5.75 Å². The summed E-state index contributed by atoms with van der Waals surface area (Å²) in [6, 6.07) is 11.3. The number of amides is 2. The first-order valence-corrected chi connectivity index (χ1v) is 10.7. The van der Waals surface area contributed by atoms with E-state index in [1.807, 2.05) is 25.1 Å². The van der Waals surface area contributed by atoms with Crippen molar-refractivity contribution in [1.29, 1.82) is 0 Å². The minimum absolute atomic E-state index is 0.0190. The summed E-state index contributed by atoms with van der Waals surface area (Å²) in [5.41, 5.74) is 8.41. The molecule has 0 aliphatic heterocycles. The van der Waals surface area contributed by atoms with Gasteiger partial charge in [0.05, 0.1) is 0 Å². The maximum Gasteiger partial charge on any atom is 0.276 e. The van der Waals surface area contributed by atoms with Gasteiger partial charge in [0.15, 0.2) is 6.61 Å². The SMILES string of the molecule is Cc1ccc(C(=O)NNC(=O)COc2ccc(C(C)(C)C)cc2C(C)(C)C)cc1Br. The molecule has 0 fully saturated rings. The van der Waals surface area contributed by atoms with E-state index >= 15 is 0 Å². The van der Waals surface area contributed by atoms with E-state index in [9.17, 15) is 9.59 Å². The molecular formula is C24H31BrN2O3. The van der Waals surface area contributed by atoms with Gasteiger partial charge in [-0.25, -0.2) is 0 Å². The van der Waals surface area contributed by atoms with Gasteiger partial charge < -0.3 is 4.74 Å². The van der Waals surface area contributed by atoms with Crippen molar-refractivity contribution in [3.63, 3.8) is 0 Å². The molecule has 0 atom stereocenters. The molecule has 6 heteroatoms. The summed E-state index contributed by atoms with van der Waals surface area (Å²) in [6.45, 7) is 14.6. The van der Waals surface area contributed by atoms with E-state index in [0.29, 0.717) is 11.3 Å². The van der Waals surface area contributed by atoms with E-state index in [4.69, 9.17) is 4.74 Å². The van der Waals surface area contributed by atoms with Crippen molar-refractivity contribution >= 4 is 27.7 Å². The first kappa shape index (κ1) is 23.9. The minimum Gasteiger partial charge on any atom is -0.483 e. The topological polar surface area (TPSA) is 67.4 Å².